The minimum Gasteiger partial charge on any atom is -0.487 e. The van der Waals surface area contributed by atoms with Crippen LogP contribution in [-0.2, 0) is 6.54 Å². The Morgan fingerprint density at radius 1 is 1.25 bits per heavy atom. The van der Waals surface area contributed by atoms with Gasteiger partial charge < -0.3 is 14.9 Å². The Hall–Kier alpha value is -3.13. The minimum absolute atomic E-state index is 0.0527. The second-order valence-corrected chi connectivity index (χ2v) is 6.95. The van der Waals surface area contributed by atoms with Crippen molar-refractivity contribution in [1.29, 1.82) is 0 Å². The molecule has 4 rings (SSSR count). The number of nitrogens with two attached hydrogens (primary N) is 1. The molecule has 1 aliphatic heterocycles. The van der Waals surface area contributed by atoms with E-state index in [1.807, 2.05) is 28.8 Å². The number of imidazole rings is 1. The van der Waals surface area contributed by atoms with Crippen LogP contribution < -0.4 is 10.5 Å². The van der Waals surface area contributed by atoms with Crippen molar-refractivity contribution in [2.45, 2.75) is 26.3 Å². The predicted octanol–water partition coefficient (Wildman–Crippen LogP) is 3.49. The second kappa shape index (κ2) is 7.47. The van der Waals surface area contributed by atoms with Gasteiger partial charge in [0.1, 0.15) is 5.65 Å². The van der Waals surface area contributed by atoms with E-state index in [0.29, 0.717) is 17.9 Å². The van der Waals surface area contributed by atoms with Crippen LogP contribution in [0.4, 0.5) is 11.4 Å². The van der Waals surface area contributed by atoms with Gasteiger partial charge in [-0.15, -0.1) is 0 Å². The van der Waals surface area contributed by atoms with Crippen LogP contribution in [0.1, 0.15) is 25.5 Å². The summed E-state index contributed by atoms with van der Waals surface area (Å²) in [4.78, 5) is 18.3. The molecule has 28 heavy (non-hydrogen) atoms. The normalized spacial score (nSPS) is 14.6. The average Bonchev–Trinajstić information content (AvgIpc) is 3.31. The molecule has 0 atom stereocenters. The van der Waals surface area contributed by atoms with Gasteiger partial charge in [0.05, 0.1) is 22.9 Å². The lowest BCUT2D eigenvalue weighted by Gasteiger charge is -2.16. The number of hydrogen-bond donors (Lipinski definition) is 1. The van der Waals surface area contributed by atoms with Gasteiger partial charge in [-0.1, -0.05) is 0 Å². The summed E-state index contributed by atoms with van der Waals surface area (Å²) >= 11 is 0. The molecule has 0 aliphatic carbocycles. The Morgan fingerprint density at radius 2 is 2.04 bits per heavy atom. The average molecular weight is 381 g/mol. The zero-order valence-corrected chi connectivity index (χ0v) is 15.8. The molecule has 0 radical (unpaired) electrons. The van der Waals surface area contributed by atoms with E-state index in [0.717, 1.165) is 36.7 Å². The van der Waals surface area contributed by atoms with Crippen molar-refractivity contribution in [3.63, 3.8) is 0 Å². The molecule has 3 aromatic rings. The first-order valence-corrected chi connectivity index (χ1v) is 9.47. The maximum Gasteiger partial charge on any atom is 0.311 e. The third kappa shape index (κ3) is 3.38. The number of nitrogens with zero attached hydrogens (tertiary/aromatic N) is 4. The molecule has 0 spiro atoms. The van der Waals surface area contributed by atoms with Gasteiger partial charge in [0.15, 0.2) is 5.75 Å². The van der Waals surface area contributed by atoms with Gasteiger partial charge in [0.2, 0.25) is 0 Å². The summed E-state index contributed by atoms with van der Waals surface area (Å²) in [5.74, 6) is 0.269. The number of fused-ring (bicyclic) bond motifs is 1. The predicted molar refractivity (Wildman–Crippen MR) is 107 cm³/mol. The van der Waals surface area contributed by atoms with Gasteiger partial charge in [-0.25, -0.2) is 4.98 Å². The maximum atomic E-state index is 11.5. The van der Waals surface area contributed by atoms with Crippen LogP contribution in [-0.4, -0.2) is 38.9 Å². The van der Waals surface area contributed by atoms with Crippen molar-refractivity contribution in [3.05, 3.63) is 52.3 Å². The first-order chi connectivity index (χ1) is 13.6. The lowest BCUT2D eigenvalue weighted by Crippen LogP contribution is -2.20. The fourth-order valence-corrected chi connectivity index (χ4v) is 3.73. The van der Waals surface area contributed by atoms with Crippen LogP contribution >= 0.6 is 0 Å². The number of rotatable bonds is 6. The van der Waals surface area contributed by atoms with Crippen molar-refractivity contribution in [2.24, 2.45) is 0 Å². The summed E-state index contributed by atoms with van der Waals surface area (Å²) in [6.07, 6.45) is 4.23. The van der Waals surface area contributed by atoms with Gasteiger partial charge in [-0.2, -0.15) is 0 Å². The zero-order valence-electron chi connectivity index (χ0n) is 15.8. The molecule has 0 unspecified atom stereocenters. The summed E-state index contributed by atoms with van der Waals surface area (Å²) in [5.41, 5.74) is 9.80. The molecule has 1 saturated heterocycles. The molecule has 0 saturated carbocycles. The third-order valence-electron chi connectivity index (χ3n) is 5.04. The summed E-state index contributed by atoms with van der Waals surface area (Å²) in [7, 11) is 0. The monoisotopic (exact) mass is 381 g/mol. The molecular formula is C20H23N5O3. The van der Waals surface area contributed by atoms with E-state index in [-0.39, 0.29) is 11.4 Å². The SMILES string of the molecule is CCOc1ccc(-c2nc3ccc(N)cn3c2CN2CCCC2)cc1[N+](=O)[O-]. The van der Waals surface area contributed by atoms with Crippen LogP contribution in [0.15, 0.2) is 36.5 Å². The number of nitro groups is 1. The van der Waals surface area contributed by atoms with Crippen molar-refractivity contribution in [3.8, 4) is 17.0 Å². The Labute approximate surface area is 162 Å². The number of anilines is 1. The number of nitro benzene ring substituents is 1. The van der Waals surface area contributed by atoms with Crippen LogP contribution in [0.25, 0.3) is 16.9 Å². The van der Waals surface area contributed by atoms with Crippen LogP contribution in [0, 0.1) is 10.1 Å². The van der Waals surface area contributed by atoms with Crippen molar-refractivity contribution in [2.75, 3.05) is 25.4 Å². The van der Waals surface area contributed by atoms with Crippen molar-refractivity contribution < 1.29 is 9.66 Å². The van der Waals surface area contributed by atoms with E-state index in [1.165, 1.54) is 12.8 Å². The molecule has 3 heterocycles. The number of hydrogen-bond acceptors (Lipinski definition) is 6. The largest absolute Gasteiger partial charge is 0.487 e. The van der Waals surface area contributed by atoms with Gasteiger partial charge in [0.25, 0.3) is 0 Å². The molecule has 8 nitrogen and oxygen atoms in total. The maximum absolute atomic E-state index is 11.5. The fraction of sp³-hybridized carbons (Fsp3) is 0.350. The number of pyridine rings is 1. The van der Waals surface area contributed by atoms with Gasteiger partial charge >= 0.3 is 5.69 Å². The molecule has 2 aromatic heterocycles. The van der Waals surface area contributed by atoms with E-state index in [9.17, 15) is 10.1 Å². The number of likely N-dealkylation sites (tertiary alicyclic amines) is 1. The highest BCUT2D eigenvalue weighted by Gasteiger charge is 2.22. The Balaban J connectivity index is 1.85. The first kappa shape index (κ1) is 18.2. The molecule has 2 N–H and O–H groups in total. The van der Waals surface area contributed by atoms with E-state index >= 15 is 0 Å². The standard InChI is InChI=1S/C20H23N5O3/c1-2-28-18-7-5-14(11-16(18)25(26)27)20-17(13-23-9-3-4-10-23)24-12-15(21)6-8-19(24)22-20/h5-8,11-12H,2-4,9-10,13,21H2,1H3. The number of aromatic nitrogens is 2. The lowest BCUT2D eigenvalue weighted by molar-refractivity contribution is -0.385. The number of nitrogen functional groups attached to an aromatic ring is 1. The molecule has 0 bridgehead atoms. The van der Waals surface area contributed by atoms with Crippen molar-refractivity contribution in [1.82, 2.24) is 14.3 Å². The number of benzene rings is 1. The summed E-state index contributed by atoms with van der Waals surface area (Å²) in [5, 5.41) is 11.5. The van der Waals surface area contributed by atoms with Crippen LogP contribution in [0.2, 0.25) is 0 Å². The summed E-state index contributed by atoms with van der Waals surface area (Å²) < 4.78 is 7.40. The molecule has 0 amide bonds. The van der Waals surface area contributed by atoms with Crippen molar-refractivity contribution >= 4 is 17.0 Å². The highest BCUT2D eigenvalue weighted by Crippen LogP contribution is 2.34. The molecule has 1 fully saturated rings. The van der Waals surface area contributed by atoms with E-state index in [2.05, 4.69) is 4.90 Å². The summed E-state index contributed by atoms with van der Waals surface area (Å²) in [6, 6.07) is 8.71. The minimum atomic E-state index is -0.414. The highest BCUT2D eigenvalue weighted by atomic mass is 16.6. The summed E-state index contributed by atoms with van der Waals surface area (Å²) in [6.45, 7) is 4.98. The Kier molecular flexibility index (Phi) is 4.87. The highest BCUT2D eigenvalue weighted by molar-refractivity contribution is 5.71. The quantitative estimate of drug-likeness (QED) is 0.518. The van der Waals surface area contributed by atoms with Crippen LogP contribution in [0.3, 0.4) is 0 Å². The van der Waals surface area contributed by atoms with E-state index < -0.39 is 4.92 Å². The molecule has 1 aliphatic rings. The fourth-order valence-electron chi connectivity index (χ4n) is 3.73. The van der Waals surface area contributed by atoms with Crippen LogP contribution in [0.5, 0.6) is 5.75 Å². The van der Waals surface area contributed by atoms with E-state index in [4.69, 9.17) is 15.5 Å². The van der Waals surface area contributed by atoms with Gasteiger partial charge in [-0.05, 0) is 57.1 Å². The molecule has 1 aromatic carbocycles. The lowest BCUT2D eigenvalue weighted by atomic mass is 10.1. The third-order valence-corrected chi connectivity index (χ3v) is 5.04. The molecule has 8 heteroatoms. The Bertz CT molecular complexity index is 1020. The number of ether oxygens (including phenoxy) is 1. The molecular weight excluding hydrogens is 358 g/mol. The smallest absolute Gasteiger partial charge is 0.311 e. The molecule has 146 valence electrons. The topological polar surface area (TPSA) is 98.9 Å². The first-order valence-electron chi connectivity index (χ1n) is 9.47. The van der Waals surface area contributed by atoms with Gasteiger partial charge in [-0.3, -0.25) is 15.0 Å². The Morgan fingerprint density at radius 3 is 2.75 bits per heavy atom. The van der Waals surface area contributed by atoms with E-state index in [1.54, 1.807) is 19.1 Å². The van der Waals surface area contributed by atoms with Gasteiger partial charge in [0, 0.05) is 30.1 Å². The zero-order chi connectivity index (χ0) is 19.7. The second-order valence-electron chi connectivity index (χ2n) is 6.95.